The van der Waals surface area contributed by atoms with E-state index >= 15 is 0 Å². The van der Waals surface area contributed by atoms with Gasteiger partial charge in [0.25, 0.3) is 0 Å². The number of hydrogen-bond acceptors (Lipinski definition) is 9. The zero-order chi connectivity index (χ0) is 19.9. The van der Waals surface area contributed by atoms with Crippen molar-refractivity contribution in [3.63, 3.8) is 0 Å². The molecule has 0 fully saturated rings. The van der Waals surface area contributed by atoms with Crippen LogP contribution in [0.5, 0.6) is 0 Å². The first-order valence-corrected chi connectivity index (χ1v) is 7.55. The highest BCUT2D eigenvalue weighted by atomic mass is 16.4. The van der Waals surface area contributed by atoms with Gasteiger partial charge in [0.05, 0.1) is 18.8 Å². The number of urea groups is 1. The summed E-state index contributed by atoms with van der Waals surface area (Å²) >= 11 is 0. The summed E-state index contributed by atoms with van der Waals surface area (Å²) in [6.45, 7) is 0.539. The van der Waals surface area contributed by atoms with Crippen molar-refractivity contribution >= 4 is 18.0 Å². The molecule has 2 unspecified atom stereocenters. The lowest BCUT2D eigenvalue weighted by Gasteiger charge is -2.19. The SMILES string of the molecule is CC(O)C(NC(=O)N[C@@H](CO)c1nnc([C@@H](N)CCC(=O)O)o1)C(=O)O. The second-order valence-corrected chi connectivity index (χ2v) is 5.43. The number of carboxylic acids is 2. The summed E-state index contributed by atoms with van der Waals surface area (Å²) in [6, 6.07) is -4.55. The topological polar surface area (TPSA) is 221 Å². The second kappa shape index (κ2) is 9.65. The third-order valence-electron chi connectivity index (χ3n) is 3.26. The zero-order valence-electron chi connectivity index (χ0n) is 13.8. The molecular weight excluding hydrogens is 354 g/mol. The number of nitrogens with zero attached hydrogens (tertiary/aromatic N) is 2. The van der Waals surface area contributed by atoms with Crippen LogP contribution in [0.4, 0.5) is 4.79 Å². The maximum Gasteiger partial charge on any atom is 0.328 e. The van der Waals surface area contributed by atoms with Crippen LogP contribution in [0.2, 0.25) is 0 Å². The van der Waals surface area contributed by atoms with E-state index in [1.807, 2.05) is 5.32 Å². The number of aliphatic hydroxyl groups excluding tert-OH is 2. The molecule has 0 saturated heterocycles. The van der Waals surface area contributed by atoms with Crippen LogP contribution >= 0.6 is 0 Å². The molecule has 13 heteroatoms. The molecule has 2 amide bonds. The number of aromatic nitrogens is 2. The fourth-order valence-corrected chi connectivity index (χ4v) is 1.85. The molecule has 1 heterocycles. The number of carboxylic acid groups (broad SMARTS) is 2. The van der Waals surface area contributed by atoms with E-state index in [1.54, 1.807) is 0 Å². The third-order valence-corrected chi connectivity index (χ3v) is 3.26. The number of carbonyl (C=O) groups excluding carboxylic acids is 1. The van der Waals surface area contributed by atoms with Gasteiger partial charge in [0.2, 0.25) is 11.8 Å². The predicted molar refractivity (Wildman–Crippen MR) is 82.7 cm³/mol. The third kappa shape index (κ3) is 6.27. The first-order chi connectivity index (χ1) is 12.1. The minimum Gasteiger partial charge on any atom is -0.481 e. The van der Waals surface area contributed by atoms with Crippen LogP contribution in [0.25, 0.3) is 0 Å². The fourth-order valence-electron chi connectivity index (χ4n) is 1.85. The van der Waals surface area contributed by atoms with Crippen molar-refractivity contribution in [1.82, 2.24) is 20.8 Å². The Morgan fingerprint density at radius 3 is 2.31 bits per heavy atom. The first kappa shape index (κ1) is 21.3. The molecule has 13 nitrogen and oxygen atoms in total. The molecule has 0 radical (unpaired) electrons. The van der Waals surface area contributed by atoms with E-state index in [-0.39, 0.29) is 24.6 Å². The Bertz CT molecular complexity index is 634. The molecule has 0 aliphatic heterocycles. The minimum absolute atomic E-state index is 0.0450. The van der Waals surface area contributed by atoms with Crippen LogP contribution in [0, 0.1) is 0 Å². The van der Waals surface area contributed by atoms with Crippen molar-refractivity contribution in [1.29, 1.82) is 0 Å². The highest BCUT2D eigenvalue weighted by Crippen LogP contribution is 2.18. The van der Waals surface area contributed by atoms with Gasteiger partial charge in [-0.2, -0.15) is 0 Å². The average Bonchev–Trinajstić information content (AvgIpc) is 3.04. The molecular formula is C13H21N5O8. The summed E-state index contributed by atoms with van der Waals surface area (Å²) < 4.78 is 5.22. The number of nitrogens with one attached hydrogen (secondary N) is 2. The normalized spacial score (nSPS) is 15.5. The molecule has 26 heavy (non-hydrogen) atoms. The van der Waals surface area contributed by atoms with Crippen molar-refractivity contribution in [2.24, 2.45) is 5.73 Å². The van der Waals surface area contributed by atoms with Crippen molar-refractivity contribution in [3.05, 3.63) is 11.8 Å². The van der Waals surface area contributed by atoms with Crippen molar-refractivity contribution in [3.8, 4) is 0 Å². The number of hydrogen-bond donors (Lipinski definition) is 7. The lowest BCUT2D eigenvalue weighted by atomic mass is 10.2. The van der Waals surface area contributed by atoms with Crippen molar-refractivity contribution in [2.45, 2.75) is 44.0 Å². The number of amides is 2. The monoisotopic (exact) mass is 375 g/mol. The Labute approximate surface area is 147 Å². The van der Waals surface area contributed by atoms with Crippen molar-refractivity contribution in [2.75, 3.05) is 6.61 Å². The maximum atomic E-state index is 11.8. The molecule has 0 spiro atoms. The summed E-state index contributed by atoms with van der Waals surface area (Å²) in [7, 11) is 0. The number of rotatable bonds is 10. The van der Waals surface area contributed by atoms with Gasteiger partial charge < -0.3 is 41.2 Å². The van der Waals surface area contributed by atoms with Gasteiger partial charge in [-0.25, -0.2) is 9.59 Å². The van der Waals surface area contributed by atoms with Crippen molar-refractivity contribution < 1.29 is 39.2 Å². The molecule has 1 aromatic heterocycles. The molecule has 8 N–H and O–H groups in total. The van der Waals surface area contributed by atoms with Gasteiger partial charge in [-0.3, -0.25) is 4.79 Å². The number of nitrogens with two attached hydrogens (primary N) is 1. The zero-order valence-corrected chi connectivity index (χ0v) is 13.8. The van der Waals surface area contributed by atoms with Gasteiger partial charge in [0.15, 0.2) is 6.04 Å². The van der Waals surface area contributed by atoms with Gasteiger partial charge in [-0.15, -0.1) is 10.2 Å². The van der Waals surface area contributed by atoms with Crippen LogP contribution in [-0.2, 0) is 9.59 Å². The lowest BCUT2D eigenvalue weighted by Crippen LogP contribution is -2.52. The molecule has 1 aromatic rings. The minimum atomic E-state index is -1.56. The highest BCUT2D eigenvalue weighted by Gasteiger charge is 2.28. The highest BCUT2D eigenvalue weighted by molar-refractivity contribution is 5.83. The number of carbonyl (C=O) groups is 3. The summed E-state index contributed by atoms with van der Waals surface area (Å²) in [5.74, 6) is -2.76. The summed E-state index contributed by atoms with van der Waals surface area (Å²) in [6.07, 6.45) is -1.52. The molecule has 0 aliphatic carbocycles. The Morgan fingerprint density at radius 1 is 1.19 bits per heavy atom. The number of aliphatic hydroxyl groups is 2. The van der Waals surface area contributed by atoms with Gasteiger partial charge in [0.1, 0.15) is 6.04 Å². The second-order valence-electron chi connectivity index (χ2n) is 5.43. The van der Waals surface area contributed by atoms with Crippen LogP contribution in [0.15, 0.2) is 4.42 Å². The Hall–Kier alpha value is -2.77. The smallest absolute Gasteiger partial charge is 0.328 e. The average molecular weight is 375 g/mol. The first-order valence-electron chi connectivity index (χ1n) is 7.55. The maximum absolute atomic E-state index is 11.8. The molecule has 0 aliphatic rings. The van der Waals surface area contributed by atoms with E-state index in [0.717, 1.165) is 0 Å². The fraction of sp³-hybridized carbons (Fsp3) is 0.615. The Balaban J connectivity index is 2.72. The van der Waals surface area contributed by atoms with Gasteiger partial charge in [0, 0.05) is 6.42 Å². The molecule has 4 atom stereocenters. The summed E-state index contributed by atoms with van der Waals surface area (Å²) in [5, 5.41) is 47.7. The van der Waals surface area contributed by atoms with Crippen LogP contribution < -0.4 is 16.4 Å². The largest absolute Gasteiger partial charge is 0.481 e. The Kier molecular flexibility index (Phi) is 7.89. The predicted octanol–water partition coefficient (Wildman–Crippen LogP) is -1.90. The van der Waals surface area contributed by atoms with E-state index in [2.05, 4.69) is 15.5 Å². The quantitative estimate of drug-likeness (QED) is 0.239. The van der Waals surface area contributed by atoms with E-state index in [4.69, 9.17) is 20.4 Å². The summed E-state index contributed by atoms with van der Waals surface area (Å²) in [4.78, 5) is 33.3. The van der Waals surface area contributed by atoms with Gasteiger partial charge >= 0.3 is 18.0 Å². The van der Waals surface area contributed by atoms with E-state index in [9.17, 15) is 24.6 Å². The molecule has 1 rings (SSSR count). The van der Waals surface area contributed by atoms with Crippen LogP contribution in [-0.4, -0.2) is 67.3 Å². The van der Waals surface area contributed by atoms with E-state index < -0.39 is 48.8 Å². The molecule has 0 aromatic carbocycles. The molecule has 146 valence electrons. The van der Waals surface area contributed by atoms with Gasteiger partial charge in [-0.1, -0.05) is 0 Å². The molecule has 0 saturated carbocycles. The van der Waals surface area contributed by atoms with Crippen LogP contribution in [0.1, 0.15) is 43.6 Å². The number of aliphatic carboxylic acids is 2. The lowest BCUT2D eigenvalue weighted by molar-refractivity contribution is -0.142. The van der Waals surface area contributed by atoms with E-state index in [0.29, 0.717) is 0 Å². The van der Waals surface area contributed by atoms with Gasteiger partial charge in [-0.05, 0) is 13.3 Å². The standard InChI is InChI=1S/C13H21N5O8/c1-5(20)9(12(23)24)16-13(25)15-7(4-19)11-18-17-10(26-11)6(14)2-3-8(21)22/h5-7,9,19-20H,2-4,14H2,1H3,(H,21,22)(H,23,24)(H2,15,16,25)/t5?,6-,7-,9?/m0/s1. The van der Waals surface area contributed by atoms with E-state index in [1.165, 1.54) is 6.92 Å². The Morgan fingerprint density at radius 2 is 1.81 bits per heavy atom. The van der Waals surface area contributed by atoms with Crippen LogP contribution in [0.3, 0.4) is 0 Å². The summed E-state index contributed by atoms with van der Waals surface area (Å²) in [5.41, 5.74) is 5.72. The molecule has 0 bridgehead atoms.